The molecule has 4 nitrogen and oxygen atoms in total. The number of thiocarbonyl (C=S) groups is 1. The Hall–Kier alpha value is -0.760. The van der Waals surface area contributed by atoms with Crippen molar-refractivity contribution in [2.24, 2.45) is 11.6 Å². The minimum atomic E-state index is -0.326. The fourth-order valence-electron chi connectivity index (χ4n) is 1.02. The fourth-order valence-corrected chi connectivity index (χ4v) is 1.51. The number of hydrazine groups is 2. The van der Waals surface area contributed by atoms with Gasteiger partial charge in [0.2, 0.25) is 0 Å². The third-order valence-electron chi connectivity index (χ3n) is 1.76. The summed E-state index contributed by atoms with van der Waals surface area (Å²) in [6.45, 7) is 0.282. The molecule has 0 bridgehead atoms. The van der Waals surface area contributed by atoms with E-state index in [9.17, 15) is 4.39 Å². The van der Waals surface area contributed by atoms with Gasteiger partial charge in [0, 0.05) is 4.47 Å². The zero-order chi connectivity index (χ0) is 11.4. The molecule has 0 aliphatic rings. The molecule has 7 heteroatoms. The van der Waals surface area contributed by atoms with Gasteiger partial charge in [-0.3, -0.25) is 10.9 Å². The van der Waals surface area contributed by atoms with Crippen molar-refractivity contribution in [3.8, 4) is 0 Å². The van der Waals surface area contributed by atoms with Crippen LogP contribution in [0, 0.1) is 5.82 Å². The molecule has 0 saturated carbocycles. The van der Waals surface area contributed by atoms with E-state index in [0.29, 0.717) is 5.56 Å². The Kier molecular flexibility index (Phi) is 4.40. The molecule has 0 atom stereocenters. The van der Waals surface area contributed by atoms with Crippen molar-refractivity contribution in [1.29, 1.82) is 0 Å². The molecule has 0 aromatic heterocycles. The molecule has 0 spiro atoms. The second-order valence-corrected chi connectivity index (χ2v) is 4.06. The Morgan fingerprint density at radius 3 is 2.80 bits per heavy atom. The molecular weight excluding hydrogens is 283 g/mol. The van der Waals surface area contributed by atoms with Crippen LogP contribution in [0.15, 0.2) is 22.7 Å². The van der Waals surface area contributed by atoms with Crippen molar-refractivity contribution >= 4 is 33.3 Å². The van der Waals surface area contributed by atoms with Gasteiger partial charge in [-0.25, -0.2) is 4.39 Å². The van der Waals surface area contributed by atoms with Gasteiger partial charge >= 0.3 is 0 Å². The molecule has 15 heavy (non-hydrogen) atoms. The van der Waals surface area contributed by atoms with E-state index in [1.54, 1.807) is 6.07 Å². The summed E-state index contributed by atoms with van der Waals surface area (Å²) in [7, 11) is 0. The van der Waals surface area contributed by atoms with E-state index in [1.807, 2.05) is 0 Å². The second-order valence-electron chi connectivity index (χ2n) is 2.79. The smallest absolute Gasteiger partial charge is 0.182 e. The minimum absolute atomic E-state index is 0.0914. The number of halogens is 2. The highest BCUT2D eigenvalue weighted by molar-refractivity contribution is 9.10. The molecule has 5 N–H and O–H groups in total. The van der Waals surface area contributed by atoms with Crippen molar-refractivity contribution in [2.45, 2.75) is 6.54 Å². The van der Waals surface area contributed by atoms with Crippen LogP contribution in [0.25, 0.3) is 0 Å². The molecule has 1 aromatic rings. The Morgan fingerprint density at radius 1 is 1.60 bits per heavy atom. The molecule has 82 valence electrons. The quantitative estimate of drug-likeness (QED) is 0.441. The summed E-state index contributed by atoms with van der Waals surface area (Å²) in [5, 5.41) is 1.42. The first-order chi connectivity index (χ1) is 7.04. The summed E-state index contributed by atoms with van der Waals surface area (Å²) in [6.07, 6.45) is 0. The van der Waals surface area contributed by atoms with Crippen LogP contribution in [-0.4, -0.2) is 10.1 Å². The Balaban J connectivity index is 2.87. The van der Waals surface area contributed by atoms with Crippen molar-refractivity contribution in [3.05, 3.63) is 34.1 Å². The van der Waals surface area contributed by atoms with Crippen LogP contribution in [0.1, 0.15) is 5.56 Å². The number of nitrogens with one attached hydrogen (secondary N) is 1. The Bertz CT molecular complexity index is 374. The lowest BCUT2D eigenvalue weighted by Crippen LogP contribution is -2.48. The number of benzene rings is 1. The normalized spacial score (nSPS) is 10.1. The first kappa shape index (κ1) is 12.3. The summed E-state index contributed by atoms with van der Waals surface area (Å²) < 4.78 is 13.7. The van der Waals surface area contributed by atoms with Crippen molar-refractivity contribution in [2.75, 3.05) is 0 Å². The predicted octanol–water partition coefficient (Wildman–Crippen LogP) is 1.01. The van der Waals surface area contributed by atoms with Gasteiger partial charge in [-0.2, -0.15) is 5.53 Å². The van der Waals surface area contributed by atoms with Crippen LogP contribution in [0.3, 0.4) is 0 Å². The van der Waals surface area contributed by atoms with E-state index in [1.165, 1.54) is 17.1 Å². The highest BCUT2D eigenvalue weighted by Crippen LogP contribution is 2.18. The predicted molar refractivity (Wildman–Crippen MR) is 63.8 cm³/mol. The highest BCUT2D eigenvalue weighted by Gasteiger charge is 2.08. The summed E-state index contributed by atoms with van der Waals surface area (Å²) in [4.78, 5) is 0. The molecule has 0 heterocycles. The van der Waals surface area contributed by atoms with Gasteiger partial charge in [0.05, 0.1) is 6.54 Å². The zero-order valence-corrected chi connectivity index (χ0v) is 10.1. The number of rotatable bonds is 3. The fraction of sp³-hybridized carbons (Fsp3) is 0.125. The molecule has 1 rings (SSSR count). The van der Waals surface area contributed by atoms with Gasteiger partial charge in [-0.1, -0.05) is 15.9 Å². The molecule has 0 saturated heterocycles. The van der Waals surface area contributed by atoms with E-state index < -0.39 is 0 Å². The number of nitrogens with two attached hydrogens (primary N) is 2. The van der Waals surface area contributed by atoms with E-state index in [-0.39, 0.29) is 17.5 Å². The van der Waals surface area contributed by atoms with E-state index >= 15 is 0 Å². The summed E-state index contributed by atoms with van der Waals surface area (Å²) in [5.74, 6) is 4.88. The van der Waals surface area contributed by atoms with E-state index in [4.69, 9.17) is 23.8 Å². The summed E-state index contributed by atoms with van der Waals surface area (Å²) >= 11 is 8.03. The lowest BCUT2D eigenvalue weighted by atomic mass is 10.2. The van der Waals surface area contributed by atoms with Crippen LogP contribution in [0.5, 0.6) is 0 Å². The van der Waals surface area contributed by atoms with Crippen molar-refractivity contribution in [1.82, 2.24) is 10.5 Å². The summed E-state index contributed by atoms with van der Waals surface area (Å²) in [5.41, 5.74) is 8.40. The maximum Gasteiger partial charge on any atom is 0.182 e. The number of hydrogen-bond acceptors (Lipinski definition) is 3. The maximum absolute atomic E-state index is 12.9. The van der Waals surface area contributed by atoms with Crippen LogP contribution in [0.2, 0.25) is 0 Å². The zero-order valence-electron chi connectivity index (χ0n) is 7.71. The molecular formula is C8H10BrFN4S. The van der Waals surface area contributed by atoms with Crippen molar-refractivity contribution < 1.29 is 4.39 Å². The third kappa shape index (κ3) is 3.38. The van der Waals surface area contributed by atoms with Gasteiger partial charge in [0.1, 0.15) is 5.82 Å². The first-order valence-electron chi connectivity index (χ1n) is 4.01. The molecule has 1 aromatic carbocycles. The number of nitrogens with zero attached hydrogens (tertiary/aromatic N) is 1. The first-order valence-corrected chi connectivity index (χ1v) is 5.22. The Morgan fingerprint density at radius 2 is 2.27 bits per heavy atom. The van der Waals surface area contributed by atoms with Crippen LogP contribution in [0.4, 0.5) is 4.39 Å². The highest BCUT2D eigenvalue weighted by atomic mass is 79.9. The molecule has 0 radical (unpaired) electrons. The average Bonchev–Trinajstić information content (AvgIpc) is 2.18. The molecule has 0 aliphatic heterocycles. The van der Waals surface area contributed by atoms with E-state index in [2.05, 4.69) is 21.5 Å². The lowest BCUT2D eigenvalue weighted by molar-refractivity contribution is 0.307. The van der Waals surface area contributed by atoms with Crippen LogP contribution in [-0.2, 0) is 6.54 Å². The number of hydrogen-bond donors (Lipinski definition) is 3. The molecule has 0 aliphatic carbocycles. The van der Waals surface area contributed by atoms with Gasteiger partial charge in [0.25, 0.3) is 0 Å². The standard InChI is InChI=1S/C8H10BrFN4S/c9-7-2-1-6(10)3-5(7)4-14(13-12)8(11)15/h1-3,13H,4,12H2,(H2,11,15). The monoisotopic (exact) mass is 292 g/mol. The van der Waals surface area contributed by atoms with Crippen LogP contribution >= 0.6 is 28.1 Å². The van der Waals surface area contributed by atoms with Crippen LogP contribution < -0.4 is 17.1 Å². The SMILES string of the molecule is NNN(Cc1cc(F)ccc1Br)C(N)=S. The summed E-state index contributed by atoms with van der Waals surface area (Å²) in [6, 6.07) is 4.35. The van der Waals surface area contributed by atoms with Gasteiger partial charge in [-0.05, 0) is 36.0 Å². The van der Waals surface area contributed by atoms with Gasteiger partial charge in [-0.15, -0.1) is 0 Å². The lowest BCUT2D eigenvalue weighted by Gasteiger charge is -2.21. The second kappa shape index (κ2) is 5.36. The third-order valence-corrected chi connectivity index (χ3v) is 2.75. The van der Waals surface area contributed by atoms with E-state index in [0.717, 1.165) is 4.47 Å². The molecule has 0 fully saturated rings. The Labute approximate surface area is 100 Å². The average molecular weight is 293 g/mol. The topological polar surface area (TPSA) is 67.3 Å². The van der Waals surface area contributed by atoms with Crippen molar-refractivity contribution in [3.63, 3.8) is 0 Å². The molecule has 0 unspecified atom stereocenters. The van der Waals surface area contributed by atoms with Gasteiger partial charge in [0.15, 0.2) is 5.11 Å². The largest absolute Gasteiger partial charge is 0.375 e. The maximum atomic E-state index is 12.9. The molecule has 0 amide bonds. The minimum Gasteiger partial charge on any atom is -0.375 e. The van der Waals surface area contributed by atoms with Gasteiger partial charge < -0.3 is 5.73 Å².